The average molecular weight is 313 g/mol. The van der Waals surface area contributed by atoms with E-state index in [2.05, 4.69) is 10.2 Å². The van der Waals surface area contributed by atoms with Crippen LogP contribution in [0.25, 0.3) is 0 Å². The van der Waals surface area contributed by atoms with Gasteiger partial charge in [-0.15, -0.1) is 0 Å². The molecule has 0 spiro atoms. The van der Waals surface area contributed by atoms with Gasteiger partial charge in [-0.1, -0.05) is 12.1 Å². The summed E-state index contributed by atoms with van der Waals surface area (Å²) >= 11 is 0. The number of methoxy groups -OCH3 is 1. The van der Waals surface area contributed by atoms with Gasteiger partial charge in [-0.3, -0.25) is 9.89 Å². The highest BCUT2D eigenvalue weighted by atomic mass is 16.5. The van der Waals surface area contributed by atoms with Crippen molar-refractivity contribution in [1.82, 2.24) is 15.1 Å². The van der Waals surface area contributed by atoms with E-state index in [1.165, 1.54) is 0 Å². The van der Waals surface area contributed by atoms with Crippen molar-refractivity contribution in [3.05, 3.63) is 47.8 Å². The van der Waals surface area contributed by atoms with Crippen LogP contribution in [0.15, 0.2) is 36.5 Å². The summed E-state index contributed by atoms with van der Waals surface area (Å²) in [5.41, 5.74) is 2.27. The second-order valence-electron chi connectivity index (χ2n) is 6.04. The van der Waals surface area contributed by atoms with E-state index in [0.29, 0.717) is 12.3 Å². The van der Waals surface area contributed by atoms with Crippen LogP contribution >= 0.6 is 0 Å². The topological polar surface area (TPSA) is 58.2 Å². The van der Waals surface area contributed by atoms with Gasteiger partial charge in [0, 0.05) is 37.3 Å². The third kappa shape index (κ3) is 3.92. The highest BCUT2D eigenvalue weighted by molar-refractivity contribution is 5.76. The molecule has 122 valence electrons. The fourth-order valence-electron chi connectivity index (χ4n) is 3.19. The second kappa shape index (κ2) is 7.31. The number of hydrogen-bond acceptors (Lipinski definition) is 3. The summed E-state index contributed by atoms with van der Waals surface area (Å²) in [5, 5.41) is 7.05. The van der Waals surface area contributed by atoms with Crippen LogP contribution in [-0.2, 0) is 11.2 Å². The SMILES string of the molecule is COc1cccc(CCC(=O)N2CCC[C@@H](c3ccn[nH]3)C2)c1. The van der Waals surface area contributed by atoms with Crippen molar-refractivity contribution >= 4 is 5.91 Å². The average Bonchev–Trinajstić information content (AvgIpc) is 3.14. The number of aromatic amines is 1. The van der Waals surface area contributed by atoms with Crippen molar-refractivity contribution in [2.75, 3.05) is 20.2 Å². The Labute approximate surface area is 136 Å². The van der Waals surface area contributed by atoms with Crippen LogP contribution in [0.1, 0.15) is 36.4 Å². The molecule has 0 radical (unpaired) electrons. The summed E-state index contributed by atoms with van der Waals surface area (Å²) < 4.78 is 5.23. The molecular formula is C18H23N3O2. The minimum Gasteiger partial charge on any atom is -0.497 e. The number of carbonyl (C=O) groups excluding carboxylic acids is 1. The number of carbonyl (C=O) groups is 1. The molecule has 23 heavy (non-hydrogen) atoms. The standard InChI is InChI=1S/C18H23N3O2/c1-23-16-6-2-4-14(12-16)7-8-18(22)21-11-3-5-15(13-21)17-9-10-19-20-17/h2,4,6,9-10,12,15H,3,5,7-8,11,13H2,1H3,(H,19,20)/t15-/m1/s1. The number of nitrogens with zero attached hydrogens (tertiary/aromatic N) is 2. The highest BCUT2D eigenvalue weighted by Gasteiger charge is 2.25. The molecular weight excluding hydrogens is 290 g/mol. The first-order chi connectivity index (χ1) is 11.3. The molecule has 0 aliphatic carbocycles. The smallest absolute Gasteiger partial charge is 0.222 e. The van der Waals surface area contributed by atoms with Crippen LogP contribution in [0.2, 0.25) is 0 Å². The monoisotopic (exact) mass is 313 g/mol. The molecule has 1 aliphatic heterocycles. The fourth-order valence-corrected chi connectivity index (χ4v) is 3.19. The summed E-state index contributed by atoms with van der Waals surface area (Å²) in [5.74, 6) is 1.45. The lowest BCUT2D eigenvalue weighted by atomic mass is 9.94. The van der Waals surface area contributed by atoms with Gasteiger partial charge < -0.3 is 9.64 Å². The van der Waals surface area contributed by atoms with E-state index in [0.717, 1.165) is 49.4 Å². The van der Waals surface area contributed by atoms with E-state index in [1.807, 2.05) is 35.2 Å². The normalized spacial score (nSPS) is 18.0. The molecule has 5 nitrogen and oxygen atoms in total. The maximum absolute atomic E-state index is 12.5. The Kier molecular flexibility index (Phi) is 4.95. The van der Waals surface area contributed by atoms with E-state index in [1.54, 1.807) is 13.3 Å². The number of aromatic nitrogens is 2. The number of piperidine rings is 1. The number of rotatable bonds is 5. The summed E-state index contributed by atoms with van der Waals surface area (Å²) in [6.07, 6.45) is 5.24. The number of benzene rings is 1. The lowest BCUT2D eigenvalue weighted by Gasteiger charge is -2.32. The van der Waals surface area contributed by atoms with E-state index in [9.17, 15) is 4.79 Å². The van der Waals surface area contributed by atoms with Gasteiger partial charge in [0.2, 0.25) is 5.91 Å². The molecule has 1 aliphatic rings. The number of likely N-dealkylation sites (tertiary alicyclic amines) is 1. The van der Waals surface area contributed by atoms with E-state index < -0.39 is 0 Å². The van der Waals surface area contributed by atoms with Crippen LogP contribution < -0.4 is 4.74 Å². The highest BCUT2D eigenvalue weighted by Crippen LogP contribution is 2.25. The zero-order chi connectivity index (χ0) is 16.1. The number of hydrogen-bond donors (Lipinski definition) is 1. The molecule has 2 aromatic rings. The predicted octanol–water partition coefficient (Wildman–Crippen LogP) is 2.76. The van der Waals surface area contributed by atoms with Crippen LogP contribution in [0, 0.1) is 0 Å². The largest absolute Gasteiger partial charge is 0.497 e. The molecule has 0 unspecified atom stereocenters. The van der Waals surface area contributed by atoms with Crippen molar-refractivity contribution < 1.29 is 9.53 Å². The number of H-pyrrole nitrogens is 1. The lowest BCUT2D eigenvalue weighted by Crippen LogP contribution is -2.39. The van der Waals surface area contributed by atoms with Crippen LogP contribution in [-0.4, -0.2) is 41.2 Å². The van der Waals surface area contributed by atoms with Gasteiger partial charge in [0.15, 0.2) is 0 Å². The summed E-state index contributed by atoms with van der Waals surface area (Å²) in [6.45, 7) is 1.65. The quantitative estimate of drug-likeness (QED) is 0.923. The van der Waals surface area contributed by atoms with E-state index in [4.69, 9.17) is 4.74 Å². The molecule has 0 bridgehead atoms. The van der Waals surface area contributed by atoms with Gasteiger partial charge in [0.25, 0.3) is 0 Å². The molecule has 1 aromatic heterocycles. The molecule has 1 aromatic carbocycles. The zero-order valence-corrected chi connectivity index (χ0v) is 13.5. The van der Waals surface area contributed by atoms with E-state index >= 15 is 0 Å². The molecule has 1 saturated heterocycles. The van der Waals surface area contributed by atoms with Crippen molar-refractivity contribution in [3.63, 3.8) is 0 Å². The van der Waals surface area contributed by atoms with Crippen molar-refractivity contribution in [3.8, 4) is 5.75 Å². The molecule has 1 amide bonds. The van der Waals surface area contributed by atoms with Crippen molar-refractivity contribution in [2.24, 2.45) is 0 Å². The van der Waals surface area contributed by atoms with Gasteiger partial charge in [-0.25, -0.2) is 0 Å². The Balaban J connectivity index is 1.55. The molecule has 2 heterocycles. The molecule has 1 fully saturated rings. The Morgan fingerprint density at radius 1 is 1.43 bits per heavy atom. The second-order valence-corrected chi connectivity index (χ2v) is 6.04. The number of amides is 1. The van der Waals surface area contributed by atoms with Gasteiger partial charge in [-0.05, 0) is 43.0 Å². The van der Waals surface area contributed by atoms with Gasteiger partial charge in [-0.2, -0.15) is 5.10 Å². The van der Waals surface area contributed by atoms with Gasteiger partial charge in [0.05, 0.1) is 7.11 Å². The van der Waals surface area contributed by atoms with E-state index in [-0.39, 0.29) is 5.91 Å². The minimum absolute atomic E-state index is 0.233. The first-order valence-corrected chi connectivity index (χ1v) is 8.16. The summed E-state index contributed by atoms with van der Waals surface area (Å²) in [4.78, 5) is 14.5. The van der Waals surface area contributed by atoms with Gasteiger partial charge in [0.1, 0.15) is 5.75 Å². The number of ether oxygens (including phenoxy) is 1. The third-order valence-electron chi connectivity index (χ3n) is 4.50. The molecule has 1 N–H and O–H groups in total. The molecule has 3 rings (SSSR count). The van der Waals surface area contributed by atoms with Gasteiger partial charge >= 0.3 is 0 Å². The Morgan fingerprint density at radius 3 is 3.13 bits per heavy atom. The maximum Gasteiger partial charge on any atom is 0.222 e. The maximum atomic E-state index is 12.5. The first-order valence-electron chi connectivity index (χ1n) is 8.16. The Bertz CT molecular complexity index is 639. The Morgan fingerprint density at radius 2 is 2.35 bits per heavy atom. The first kappa shape index (κ1) is 15.6. The minimum atomic E-state index is 0.233. The Hall–Kier alpha value is -2.30. The third-order valence-corrected chi connectivity index (χ3v) is 4.50. The van der Waals surface area contributed by atoms with Crippen molar-refractivity contribution in [2.45, 2.75) is 31.6 Å². The summed E-state index contributed by atoms with van der Waals surface area (Å²) in [7, 11) is 1.66. The van der Waals surface area contributed by atoms with Crippen LogP contribution in [0.3, 0.4) is 0 Å². The van der Waals surface area contributed by atoms with Crippen LogP contribution in [0.5, 0.6) is 5.75 Å². The lowest BCUT2D eigenvalue weighted by molar-refractivity contribution is -0.132. The van der Waals surface area contributed by atoms with Crippen molar-refractivity contribution in [1.29, 1.82) is 0 Å². The molecule has 5 heteroatoms. The molecule has 1 atom stereocenters. The number of nitrogens with one attached hydrogen (secondary N) is 1. The fraction of sp³-hybridized carbons (Fsp3) is 0.444. The molecule has 0 saturated carbocycles. The predicted molar refractivity (Wildman–Crippen MR) is 88.5 cm³/mol. The van der Waals surface area contributed by atoms with Crippen LogP contribution in [0.4, 0.5) is 0 Å². The zero-order valence-electron chi connectivity index (χ0n) is 13.5. The number of aryl methyl sites for hydroxylation is 1. The summed E-state index contributed by atoms with van der Waals surface area (Å²) in [6, 6.07) is 9.93.